The van der Waals surface area contributed by atoms with Gasteiger partial charge in [0.15, 0.2) is 0 Å². The highest BCUT2D eigenvalue weighted by atomic mass is 16.3. The second-order valence-corrected chi connectivity index (χ2v) is 3.56. The van der Waals surface area contributed by atoms with Gasteiger partial charge in [0.1, 0.15) is 5.75 Å². The van der Waals surface area contributed by atoms with E-state index in [0.717, 1.165) is 11.3 Å². The molecule has 0 aliphatic carbocycles. The highest BCUT2D eigenvalue weighted by Gasteiger charge is 1.87. The minimum Gasteiger partial charge on any atom is -0.508 e. The topological polar surface area (TPSA) is 32.6 Å². The fourth-order valence-electron chi connectivity index (χ4n) is 1.39. The minimum atomic E-state index is 0.253. The van der Waals surface area contributed by atoms with Crippen molar-refractivity contribution in [3.05, 3.63) is 66.2 Å². The molecule has 0 saturated carbocycles. The minimum absolute atomic E-state index is 0.253. The maximum atomic E-state index is 9.11. The fraction of sp³-hybridized carbons (Fsp3) is 0. The molecule has 0 aromatic heterocycles. The van der Waals surface area contributed by atoms with E-state index in [4.69, 9.17) is 5.11 Å². The zero-order valence-electron chi connectivity index (χ0n) is 9.32. The Hall–Kier alpha value is -2.35. The molecule has 0 aliphatic rings. The number of hydrogen-bond donors (Lipinski definition) is 1. The Morgan fingerprint density at radius 2 is 1.59 bits per heavy atom. The van der Waals surface area contributed by atoms with Gasteiger partial charge in [-0.1, -0.05) is 36.4 Å². The standard InChI is InChI=1S/C15H13NO/c17-15-10-8-14(9-11-15)16-12-4-7-13-5-2-1-3-6-13/h1-12,17H/b7-4+,16-12?. The van der Waals surface area contributed by atoms with Crippen molar-refractivity contribution in [2.45, 2.75) is 0 Å². The summed E-state index contributed by atoms with van der Waals surface area (Å²) >= 11 is 0. The van der Waals surface area contributed by atoms with Crippen molar-refractivity contribution in [1.29, 1.82) is 0 Å². The summed E-state index contributed by atoms with van der Waals surface area (Å²) in [7, 11) is 0. The Morgan fingerprint density at radius 1 is 0.882 bits per heavy atom. The second kappa shape index (κ2) is 5.66. The number of nitrogens with zero attached hydrogens (tertiary/aromatic N) is 1. The van der Waals surface area contributed by atoms with Crippen molar-refractivity contribution < 1.29 is 5.11 Å². The molecule has 0 fully saturated rings. The molecule has 0 spiro atoms. The summed E-state index contributed by atoms with van der Waals surface area (Å²) < 4.78 is 0. The first-order chi connectivity index (χ1) is 8.34. The van der Waals surface area contributed by atoms with Crippen molar-refractivity contribution in [2.75, 3.05) is 0 Å². The van der Waals surface area contributed by atoms with Gasteiger partial charge in [0.25, 0.3) is 0 Å². The van der Waals surface area contributed by atoms with Gasteiger partial charge in [-0.05, 0) is 35.9 Å². The highest BCUT2D eigenvalue weighted by Crippen LogP contribution is 2.15. The molecule has 0 unspecified atom stereocenters. The van der Waals surface area contributed by atoms with E-state index in [2.05, 4.69) is 4.99 Å². The van der Waals surface area contributed by atoms with Crippen LogP contribution in [0, 0.1) is 0 Å². The van der Waals surface area contributed by atoms with Crippen LogP contribution < -0.4 is 0 Å². The van der Waals surface area contributed by atoms with E-state index in [1.165, 1.54) is 0 Å². The van der Waals surface area contributed by atoms with Gasteiger partial charge < -0.3 is 5.11 Å². The van der Waals surface area contributed by atoms with Crippen LogP contribution in [0.4, 0.5) is 5.69 Å². The van der Waals surface area contributed by atoms with Crippen LogP contribution in [0.15, 0.2) is 65.7 Å². The molecule has 2 rings (SSSR count). The van der Waals surface area contributed by atoms with Crippen LogP contribution in [0.25, 0.3) is 6.08 Å². The molecule has 0 aliphatic heterocycles. The van der Waals surface area contributed by atoms with Crippen LogP contribution in [0.2, 0.25) is 0 Å². The van der Waals surface area contributed by atoms with Gasteiger partial charge in [0, 0.05) is 6.21 Å². The number of aromatic hydroxyl groups is 1. The monoisotopic (exact) mass is 223 g/mol. The van der Waals surface area contributed by atoms with Gasteiger partial charge in [-0.2, -0.15) is 0 Å². The number of benzene rings is 2. The van der Waals surface area contributed by atoms with E-state index >= 15 is 0 Å². The third kappa shape index (κ3) is 3.61. The molecule has 2 nitrogen and oxygen atoms in total. The Kier molecular flexibility index (Phi) is 3.71. The van der Waals surface area contributed by atoms with Crippen LogP contribution in [-0.4, -0.2) is 11.3 Å². The molecule has 2 aromatic carbocycles. The lowest BCUT2D eigenvalue weighted by Gasteiger charge is -1.92. The smallest absolute Gasteiger partial charge is 0.115 e. The fourth-order valence-corrected chi connectivity index (χ4v) is 1.39. The largest absolute Gasteiger partial charge is 0.508 e. The van der Waals surface area contributed by atoms with E-state index in [0.29, 0.717) is 0 Å². The van der Waals surface area contributed by atoms with Gasteiger partial charge in [-0.3, -0.25) is 4.99 Å². The molecule has 0 bridgehead atoms. The average molecular weight is 223 g/mol. The number of rotatable bonds is 3. The number of phenols is 1. The lowest BCUT2D eigenvalue weighted by atomic mass is 10.2. The Balaban J connectivity index is 1.98. The van der Waals surface area contributed by atoms with Crippen molar-refractivity contribution >= 4 is 18.0 Å². The third-order valence-electron chi connectivity index (χ3n) is 2.25. The van der Waals surface area contributed by atoms with Crippen molar-refractivity contribution in [3.8, 4) is 5.75 Å². The van der Waals surface area contributed by atoms with Gasteiger partial charge >= 0.3 is 0 Å². The zero-order chi connectivity index (χ0) is 11.9. The highest BCUT2D eigenvalue weighted by molar-refractivity contribution is 5.80. The lowest BCUT2D eigenvalue weighted by Crippen LogP contribution is -1.70. The van der Waals surface area contributed by atoms with Gasteiger partial charge in [-0.25, -0.2) is 0 Å². The molecule has 1 N–H and O–H groups in total. The molecule has 0 atom stereocenters. The van der Waals surface area contributed by atoms with Crippen LogP contribution in [0.3, 0.4) is 0 Å². The molecule has 17 heavy (non-hydrogen) atoms. The average Bonchev–Trinajstić information content (AvgIpc) is 2.38. The summed E-state index contributed by atoms with van der Waals surface area (Å²) in [6, 6.07) is 16.8. The molecule has 2 aromatic rings. The maximum Gasteiger partial charge on any atom is 0.115 e. The molecule has 0 radical (unpaired) electrons. The number of phenolic OH excluding ortho intramolecular Hbond substituents is 1. The number of allylic oxidation sites excluding steroid dienone is 1. The van der Waals surface area contributed by atoms with Crippen molar-refractivity contribution in [2.24, 2.45) is 4.99 Å². The second-order valence-electron chi connectivity index (χ2n) is 3.56. The Bertz CT molecular complexity index is 512. The van der Waals surface area contributed by atoms with Crippen LogP contribution in [0.5, 0.6) is 5.75 Å². The number of aliphatic imine (C=N–C) groups is 1. The predicted octanol–water partition coefficient (Wildman–Crippen LogP) is 3.81. The van der Waals surface area contributed by atoms with Crippen LogP contribution in [-0.2, 0) is 0 Å². The van der Waals surface area contributed by atoms with Crippen LogP contribution >= 0.6 is 0 Å². The van der Waals surface area contributed by atoms with Crippen LogP contribution in [0.1, 0.15) is 5.56 Å². The van der Waals surface area contributed by atoms with E-state index in [1.807, 2.05) is 42.5 Å². The molecule has 84 valence electrons. The molecular weight excluding hydrogens is 210 g/mol. The summed E-state index contributed by atoms with van der Waals surface area (Å²) in [6.07, 6.45) is 5.62. The van der Waals surface area contributed by atoms with Crippen molar-refractivity contribution in [3.63, 3.8) is 0 Å². The maximum absolute atomic E-state index is 9.11. The van der Waals surface area contributed by atoms with E-state index in [1.54, 1.807) is 30.5 Å². The summed E-state index contributed by atoms with van der Waals surface area (Å²) in [5.74, 6) is 0.253. The third-order valence-corrected chi connectivity index (χ3v) is 2.25. The molecule has 2 heteroatoms. The normalized spacial score (nSPS) is 11.3. The Morgan fingerprint density at radius 3 is 2.29 bits per heavy atom. The molecular formula is C15H13NO. The first-order valence-corrected chi connectivity index (χ1v) is 5.39. The molecule has 0 heterocycles. The molecule has 0 saturated heterocycles. The van der Waals surface area contributed by atoms with Gasteiger partial charge in [-0.15, -0.1) is 0 Å². The van der Waals surface area contributed by atoms with Crippen molar-refractivity contribution in [1.82, 2.24) is 0 Å². The predicted molar refractivity (Wildman–Crippen MR) is 71.7 cm³/mol. The zero-order valence-corrected chi connectivity index (χ0v) is 9.32. The van der Waals surface area contributed by atoms with Gasteiger partial charge in [0.05, 0.1) is 5.69 Å². The van der Waals surface area contributed by atoms with Gasteiger partial charge in [0.2, 0.25) is 0 Å². The summed E-state index contributed by atoms with van der Waals surface area (Å²) in [6.45, 7) is 0. The van der Waals surface area contributed by atoms with E-state index in [-0.39, 0.29) is 5.75 Å². The lowest BCUT2D eigenvalue weighted by molar-refractivity contribution is 0.475. The van der Waals surface area contributed by atoms with E-state index < -0.39 is 0 Å². The summed E-state index contributed by atoms with van der Waals surface area (Å²) in [4.78, 5) is 4.24. The quantitative estimate of drug-likeness (QED) is 0.788. The summed E-state index contributed by atoms with van der Waals surface area (Å²) in [5, 5.41) is 9.11. The Labute approximate surface area is 101 Å². The van der Waals surface area contributed by atoms with E-state index in [9.17, 15) is 0 Å². The SMILES string of the molecule is Oc1ccc(N=C/C=C/c2ccccc2)cc1. The number of hydrogen-bond acceptors (Lipinski definition) is 2. The summed E-state index contributed by atoms with van der Waals surface area (Å²) in [5.41, 5.74) is 1.96. The molecule has 0 amide bonds. The first kappa shape index (κ1) is 11.1. The first-order valence-electron chi connectivity index (χ1n) is 5.39.